The number of ketones is 1. The van der Waals surface area contributed by atoms with Crippen molar-refractivity contribution in [2.24, 2.45) is 5.92 Å². The van der Waals surface area contributed by atoms with Crippen molar-refractivity contribution < 1.29 is 18.4 Å². The van der Waals surface area contributed by atoms with Gasteiger partial charge < -0.3 is 21.3 Å². The van der Waals surface area contributed by atoms with Crippen molar-refractivity contribution in [3.8, 4) is 0 Å². The number of amides is 1. The summed E-state index contributed by atoms with van der Waals surface area (Å²) >= 11 is 0.888. The van der Waals surface area contributed by atoms with Gasteiger partial charge in [0.2, 0.25) is 5.78 Å². The van der Waals surface area contributed by atoms with Crippen molar-refractivity contribution in [3.05, 3.63) is 70.1 Å². The maximum atomic E-state index is 14.0. The molecule has 2 aromatic carbocycles. The third-order valence-corrected chi connectivity index (χ3v) is 6.12. The molecule has 10 heteroatoms. The van der Waals surface area contributed by atoms with Gasteiger partial charge in [-0.3, -0.25) is 9.59 Å². The molecular weight excluding hydrogens is 460 g/mol. The summed E-state index contributed by atoms with van der Waals surface area (Å²) in [7, 11) is 3.92. The van der Waals surface area contributed by atoms with Crippen molar-refractivity contribution in [1.82, 2.24) is 15.2 Å². The number of nitrogens with two attached hydrogens (primary N) is 1. The number of benzene rings is 2. The standard InChI is InChI=1S/C24H27F2N5O2S/c1-13(2)18(12-31(3)4)29-23(33)14-8-10-15(11-9-14)28-24-30-22(27)21(34-24)20(32)19-16(25)6-5-7-17(19)26/h5-11,13,18H,12,27H2,1-4H3,(H,28,30)(H,29,33)/t18-/m0/s1. The lowest BCUT2D eigenvalue weighted by molar-refractivity contribution is 0.0916. The zero-order chi connectivity index (χ0) is 25.0. The number of aromatic nitrogens is 1. The van der Waals surface area contributed by atoms with Crippen LogP contribution >= 0.6 is 11.3 Å². The molecule has 0 unspecified atom stereocenters. The third kappa shape index (κ3) is 5.95. The van der Waals surface area contributed by atoms with Gasteiger partial charge in [-0.25, -0.2) is 13.8 Å². The SMILES string of the molecule is CC(C)[C@H](CN(C)C)NC(=O)c1ccc(Nc2nc(N)c(C(=O)c3c(F)cccc3F)s2)cc1. The summed E-state index contributed by atoms with van der Waals surface area (Å²) in [5.41, 5.74) is 6.27. The van der Waals surface area contributed by atoms with Crippen molar-refractivity contribution in [2.75, 3.05) is 31.7 Å². The van der Waals surface area contributed by atoms with Gasteiger partial charge in [-0.05, 0) is 56.4 Å². The van der Waals surface area contributed by atoms with Crippen LogP contribution in [0.25, 0.3) is 0 Å². The molecular formula is C24H27F2N5O2S. The normalized spacial score (nSPS) is 12.1. The topological polar surface area (TPSA) is 100 Å². The minimum Gasteiger partial charge on any atom is -0.382 e. The minimum atomic E-state index is -0.966. The quantitative estimate of drug-likeness (QED) is 0.389. The molecule has 34 heavy (non-hydrogen) atoms. The fourth-order valence-electron chi connectivity index (χ4n) is 3.27. The summed E-state index contributed by atoms with van der Waals surface area (Å²) in [6, 6.07) is 9.93. The van der Waals surface area contributed by atoms with Crippen LogP contribution in [0.2, 0.25) is 0 Å². The molecule has 0 aliphatic heterocycles. The summed E-state index contributed by atoms with van der Waals surface area (Å²) < 4.78 is 28.0. The Bertz CT molecular complexity index is 1160. The monoisotopic (exact) mass is 487 g/mol. The molecule has 0 spiro atoms. The second-order valence-electron chi connectivity index (χ2n) is 8.45. The van der Waals surface area contributed by atoms with Crippen LogP contribution in [0.3, 0.4) is 0 Å². The van der Waals surface area contributed by atoms with Crippen molar-refractivity contribution in [1.29, 1.82) is 0 Å². The molecule has 1 aromatic heterocycles. The van der Waals surface area contributed by atoms with Crippen molar-refractivity contribution >= 4 is 39.7 Å². The van der Waals surface area contributed by atoms with Crippen molar-refractivity contribution in [3.63, 3.8) is 0 Å². The number of nitrogens with zero attached hydrogens (tertiary/aromatic N) is 2. The Morgan fingerprint density at radius 3 is 2.26 bits per heavy atom. The second kappa shape index (κ2) is 10.7. The Morgan fingerprint density at radius 2 is 1.71 bits per heavy atom. The van der Waals surface area contributed by atoms with Crippen LogP contribution in [-0.2, 0) is 0 Å². The molecule has 1 atom stereocenters. The Kier molecular flexibility index (Phi) is 7.95. The lowest BCUT2D eigenvalue weighted by Crippen LogP contribution is -2.44. The zero-order valence-corrected chi connectivity index (χ0v) is 20.2. The summed E-state index contributed by atoms with van der Waals surface area (Å²) in [5, 5.41) is 6.33. The molecule has 0 radical (unpaired) electrons. The maximum absolute atomic E-state index is 14.0. The van der Waals surface area contributed by atoms with Gasteiger partial charge in [-0.2, -0.15) is 0 Å². The average molecular weight is 488 g/mol. The van der Waals surface area contributed by atoms with E-state index in [-0.39, 0.29) is 33.7 Å². The first kappa shape index (κ1) is 25.3. The Labute approximate surface area is 201 Å². The fourth-order valence-corrected chi connectivity index (χ4v) is 4.12. The van der Waals surface area contributed by atoms with Gasteiger partial charge in [0, 0.05) is 23.8 Å². The van der Waals surface area contributed by atoms with Gasteiger partial charge >= 0.3 is 0 Å². The minimum absolute atomic E-state index is 0.00819. The highest BCUT2D eigenvalue weighted by Crippen LogP contribution is 2.31. The van der Waals surface area contributed by atoms with E-state index in [0.29, 0.717) is 11.3 Å². The lowest BCUT2D eigenvalue weighted by Gasteiger charge is -2.25. The highest BCUT2D eigenvalue weighted by Gasteiger charge is 2.24. The molecule has 7 nitrogen and oxygen atoms in total. The third-order valence-electron chi connectivity index (χ3n) is 5.13. The van der Waals surface area contributed by atoms with Crippen LogP contribution in [0.15, 0.2) is 42.5 Å². The predicted octanol–water partition coefficient (Wildman–Crippen LogP) is 4.29. The first-order valence-electron chi connectivity index (χ1n) is 10.6. The molecule has 4 N–H and O–H groups in total. The molecule has 0 saturated carbocycles. The Hall–Kier alpha value is -3.37. The lowest BCUT2D eigenvalue weighted by atomic mass is 10.0. The van der Waals surface area contributed by atoms with Crippen LogP contribution in [-0.4, -0.2) is 48.3 Å². The number of carbonyl (C=O) groups is 2. The van der Waals surface area contributed by atoms with E-state index in [4.69, 9.17) is 5.73 Å². The molecule has 0 bridgehead atoms. The highest BCUT2D eigenvalue weighted by atomic mass is 32.1. The van der Waals surface area contributed by atoms with Gasteiger partial charge in [0.15, 0.2) is 5.13 Å². The number of likely N-dealkylation sites (N-methyl/N-ethyl adjacent to an activating group) is 1. The van der Waals surface area contributed by atoms with E-state index in [0.717, 1.165) is 30.0 Å². The van der Waals surface area contributed by atoms with Gasteiger partial charge in [0.1, 0.15) is 22.3 Å². The fraction of sp³-hybridized carbons (Fsp3) is 0.292. The number of anilines is 3. The van der Waals surface area contributed by atoms with E-state index in [9.17, 15) is 18.4 Å². The maximum Gasteiger partial charge on any atom is 0.251 e. The summed E-state index contributed by atoms with van der Waals surface area (Å²) in [6.45, 7) is 4.84. The second-order valence-corrected chi connectivity index (χ2v) is 9.45. The Morgan fingerprint density at radius 1 is 1.09 bits per heavy atom. The number of nitrogens with one attached hydrogen (secondary N) is 2. The molecule has 1 amide bonds. The van der Waals surface area contributed by atoms with Gasteiger partial charge in [-0.15, -0.1) is 0 Å². The first-order chi connectivity index (χ1) is 16.1. The smallest absolute Gasteiger partial charge is 0.251 e. The van der Waals surface area contributed by atoms with Crippen molar-refractivity contribution in [2.45, 2.75) is 19.9 Å². The average Bonchev–Trinajstić information content (AvgIpc) is 3.13. The molecule has 3 aromatic rings. The number of nitrogen functional groups attached to an aromatic ring is 1. The predicted molar refractivity (Wildman–Crippen MR) is 131 cm³/mol. The summed E-state index contributed by atoms with van der Waals surface area (Å²) in [6.07, 6.45) is 0. The van der Waals surface area contributed by atoms with Crippen LogP contribution < -0.4 is 16.4 Å². The number of thiazole rings is 1. The number of hydrogen-bond acceptors (Lipinski definition) is 7. The van der Waals surface area contributed by atoms with Gasteiger partial charge in [-0.1, -0.05) is 31.3 Å². The molecule has 180 valence electrons. The molecule has 0 saturated heterocycles. The molecule has 0 aliphatic rings. The number of carbonyl (C=O) groups excluding carboxylic acids is 2. The highest BCUT2D eigenvalue weighted by molar-refractivity contribution is 7.18. The van der Waals surface area contributed by atoms with E-state index >= 15 is 0 Å². The van der Waals surface area contributed by atoms with Gasteiger partial charge in [0.05, 0.1) is 5.56 Å². The molecule has 0 aliphatic carbocycles. The zero-order valence-electron chi connectivity index (χ0n) is 19.4. The molecule has 1 heterocycles. The van der Waals surface area contributed by atoms with Crippen LogP contribution in [0.5, 0.6) is 0 Å². The largest absolute Gasteiger partial charge is 0.382 e. The Balaban J connectivity index is 1.71. The molecule has 3 rings (SSSR count). The van der Waals surface area contributed by atoms with E-state index in [1.165, 1.54) is 6.07 Å². The summed E-state index contributed by atoms with van der Waals surface area (Å²) in [5.74, 6) is -2.83. The molecule has 0 fully saturated rings. The van der Waals surface area contributed by atoms with Crippen LogP contribution in [0.1, 0.15) is 39.4 Å². The summed E-state index contributed by atoms with van der Waals surface area (Å²) in [4.78, 5) is 31.3. The van der Waals surface area contributed by atoms with Crippen LogP contribution in [0, 0.1) is 17.6 Å². The van der Waals surface area contributed by atoms with E-state index in [2.05, 4.69) is 29.5 Å². The van der Waals surface area contributed by atoms with Gasteiger partial charge in [0.25, 0.3) is 5.91 Å². The number of rotatable bonds is 9. The van der Waals surface area contributed by atoms with Crippen LogP contribution in [0.4, 0.5) is 25.4 Å². The van der Waals surface area contributed by atoms with E-state index in [1.807, 2.05) is 19.0 Å². The number of hydrogen-bond donors (Lipinski definition) is 3. The number of halogens is 2. The first-order valence-corrected chi connectivity index (χ1v) is 11.5. The van der Waals surface area contributed by atoms with E-state index < -0.39 is 23.0 Å². The van der Waals surface area contributed by atoms with E-state index in [1.54, 1.807) is 24.3 Å².